The van der Waals surface area contributed by atoms with Gasteiger partial charge >= 0.3 is 0 Å². The van der Waals surface area contributed by atoms with E-state index in [2.05, 4.69) is 62.4 Å². The number of rotatable bonds is 4. The lowest BCUT2D eigenvalue weighted by Crippen LogP contribution is -1.86. The molecular weight excluding hydrogens is 287 g/mol. The monoisotopic (exact) mass is 304 g/mol. The Morgan fingerprint density at radius 1 is 0.750 bits per heavy atom. The fourth-order valence-corrected chi connectivity index (χ4v) is 2.74. The molecule has 0 bridgehead atoms. The molecule has 0 atom stereocenters. The van der Waals surface area contributed by atoms with Crippen LogP contribution in [0.1, 0.15) is 33.4 Å². The van der Waals surface area contributed by atoms with E-state index < -0.39 is 0 Å². The molecule has 0 amide bonds. The molecule has 2 rings (SSSR count). The van der Waals surface area contributed by atoms with Crippen molar-refractivity contribution in [3.05, 3.63) is 69.8 Å². The molecule has 0 spiro atoms. The van der Waals surface area contributed by atoms with Crippen LogP contribution in [-0.2, 0) is 11.8 Å². The summed E-state index contributed by atoms with van der Waals surface area (Å²) in [5.41, 5.74) is 7.22. The van der Waals surface area contributed by atoms with Gasteiger partial charge in [0, 0.05) is 11.8 Å². The van der Waals surface area contributed by atoms with Crippen LogP contribution in [0.2, 0.25) is 0 Å². The molecule has 0 aliphatic rings. The smallest absolute Gasteiger partial charge is 0.0476 e. The molecule has 2 heteroatoms. The fraction of sp³-hybridized carbons (Fsp3) is 0.222. The quantitative estimate of drug-likeness (QED) is 0.483. The van der Waals surface area contributed by atoms with Crippen molar-refractivity contribution in [1.82, 2.24) is 0 Å². The van der Waals surface area contributed by atoms with Crippen molar-refractivity contribution >= 4 is 35.4 Å². The van der Waals surface area contributed by atoms with Crippen LogP contribution in [0.15, 0.2) is 36.4 Å². The fourth-order valence-electron chi connectivity index (χ4n) is 2.14. The van der Waals surface area contributed by atoms with Crippen molar-refractivity contribution in [1.29, 1.82) is 0 Å². The van der Waals surface area contributed by atoms with Gasteiger partial charge < -0.3 is 0 Å². The molecule has 0 radical (unpaired) electrons. The minimum atomic E-state index is 0.564. The van der Waals surface area contributed by atoms with Crippen molar-refractivity contribution in [2.24, 2.45) is 0 Å². The Morgan fingerprint density at radius 2 is 1.15 bits per heavy atom. The van der Waals surface area contributed by atoms with Crippen LogP contribution in [0, 0.1) is 13.8 Å². The standard InChI is InChI=1S/C18H18Cl2/c1-13-9-15(5-7-17(13)11-19)3-4-16-6-8-18(12-20)14(2)10-16/h3-10H,11-12H2,1-2H3. The molecule has 0 nitrogen and oxygen atoms in total. The van der Waals surface area contributed by atoms with Crippen LogP contribution in [0.5, 0.6) is 0 Å². The highest BCUT2D eigenvalue weighted by Crippen LogP contribution is 2.18. The summed E-state index contributed by atoms with van der Waals surface area (Å²) < 4.78 is 0. The van der Waals surface area contributed by atoms with E-state index in [0.717, 1.165) is 0 Å². The SMILES string of the molecule is Cc1cc(C=Cc2ccc(CCl)c(C)c2)ccc1CCl. The van der Waals surface area contributed by atoms with Gasteiger partial charge in [0.15, 0.2) is 0 Å². The summed E-state index contributed by atoms with van der Waals surface area (Å²) >= 11 is 11.7. The van der Waals surface area contributed by atoms with Gasteiger partial charge in [-0.05, 0) is 47.2 Å². The predicted octanol–water partition coefficient (Wildman–Crippen LogP) is 5.95. The highest BCUT2D eigenvalue weighted by atomic mass is 35.5. The second kappa shape index (κ2) is 6.97. The van der Waals surface area contributed by atoms with Gasteiger partial charge in [-0.25, -0.2) is 0 Å². The second-order valence-electron chi connectivity index (χ2n) is 4.97. The average Bonchev–Trinajstić information content (AvgIpc) is 2.45. The van der Waals surface area contributed by atoms with E-state index in [1.54, 1.807) is 0 Å². The van der Waals surface area contributed by atoms with E-state index >= 15 is 0 Å². The maximum absolute atomic E-state index is 5.87. The van der Waals surface area contributed by atoms with Gasteiger partial charge in [0.25, 0.3) is 0 Å². The normalized spacial score (nSPS) is 11.2. The molecule has 0 heterocycles. The highest BCUT2D eigenvalue weighted by Gasteiger charge is 1.98. The molecule has 0 aromatic heterocycles. The van der Waals surface area contributed by atoms with Gasteiger partial charge in [-0.15, -0.1) is 23.2 Å². The van der Waals surface area contributed by atoms with Crippen molar-refractivity contribution in [2.45, 2.75) is 25.6 Å². The van der Waals surface area contributed by atoms with Gasteiger partial charge in [-0.3, -0.25) is 0 Å². The Labute approximate surface area is 131 Å². The summed E-state index contributed by atoms with van der Waals surface area (Å²) in [5, 5.41) is 0. The number of halogens is 2. The molecular formula is C18H18Cl2. The number of aryl methyl sites for hydroxylation is 2. The third-order valence-corrected chi connectivity index (χ3v) is 4.07. The number of hydrogen-bond acceptors (Lipinski definition) is 0. The van der Waals surface area contributed by atoms with E-state index in [9.17, 15) is 0 Å². The van der Waals surface area contributed by atoms with E-state index in [0.29, 0.717) is 11.8 Å². The van der Waals surface area contributed by atoms with Crippen LogP contribution >= 0.6 is 23.2 Å². The first kappa shape index (κ1) is 15.2. The zero-order valence-electron chi connectivity index (χ0n) is 11.8. The van der Waals surface area contributed by atoms with Crippen molar-refractivity contribution in [3.63, 3.8) is 0 Å². The lowest BCUT2D eigenvalue weighted by molar-refractivity contribution is 1.29. The first-order valence-electron chi connectivity index (χ1n) is 6.63. The van der Waals surface area contributed by atoms with Gasteiger partial charge in [0.05, 0.1) is 0 Å². The minimum Gasteiger partial charge on any atom is -0.122 e. The van der Waals surface area contributed by atoms with E-state index in [1.807, 2.05) is 0 Å². The van der Waals surface area contributed by atoms with E-state index in [4.69, 9.17) is 23.2 Å². The summed E-state index contributed by atoms with van der Waals surface area (Å²) in [4.78, 5) is 0. The van der Waals surface area contributed by atoms with Gasteiger partial charge in [-0.2, -0.15) is 0 Å². The third-order valence-electron chi connectivity index (χ3n) is 3.49. The first-order valence-corrected chi connectivity index (χ1v) is 7.70. The molecule has 0 aliphatic carbocycles. The number of alkyl halides is 2. The molecule has 0 fully saturated rings. The Bertz CT molecular complexity index is 572. The Kier molecular flexibility index (Phi) is 5.28. The van der Waals surface area contributed by atoms with Gasteiger partial charge in [-0.1, -0.05) is 48.6 Å². The molecule has 2 aromatic rings. The maximum atomic E-state index is 5.87. The molecule has 0 aliphatic heterocycles. The largest absolute Gasteiger partial charge is 0.122 e. The summed E-state index contributed by atoms with van der Waals surface area (Å²) in [7, 11) is 0. The lowest BCUT2D eigenvalue weighted by atomic mass is 10.0. The topological polar surface area (TPSA) is 0 Å². The van der Waals surface area contributed by atoms with Crippen LogP contribution in [0.3, 0.4) is 0 Å². The average molecular weight is 305 g/mol. The molecule has 0 saturated heterocycles. The van der Waals surface area contributed by atoms with Gasteiger partial charge in [0.2, 0.25) is 0 Å². The van der Waals surface area contributed by atoms with Crippen molar-refractivity contribution < 1.29 is 0 Å². The van der Waals surface area contributed by atoms with E-state index in [-0.39, 0.29) is 0 Å². The Hall–Kier alpha value is -1.24. The molecule has 0 unspecified atom stereocenters. The first-order chi connectivity index (χ1) is 9.63. The van der Waals surface area contributed by atoms with E-state index in [1.165, 1.54) is 33.4 Å². The van der Waals surface area contributed by atoms with Crippen LogP contribution in [0.25, 0.3) is 12.2 Å². The highest BCUT2D eigenvalue weighted by molar-refractivity contribution is 6.17. The molecule has 0 N–H and O–H groups in total. The predicted molar refractivity (Wildman–Crippen MR) is 90.4 cm³/mol. The minimum absolute atomic E-state index is 0.564. The number of benzene rings is 2. The summed E-state index contributed by atoms with van der Waals surface area (Å²) in [6.07, 6.45) is 4.25. The lowest BCUT2D eigenvalue weighted by Gasteiger charge is -2.04. The zero-order valence-corrected chi connectivity index (χ0v) is 13.3. The van der Waals surface area contributed by atoms with Gasteiger partial charge in [0.1, 0.15) is 0 Å². The maximum Gasteiger partial charge on any atom is 0.0476 e. The number of hydrogen-bond donors (Lipinski definition) is 0. The molecule has 2 aromatic carbocycles. The molecule has 0 saturated carbocycles. The summed E-state index contributed by atoms with van der Waals surface area (Å²) in [6.45, 7) is 4.18. The Balaban J connectivity index is 2.20. The van der Waals surface area contributed by atoms with Crippen LogP contribution in [0.4, 0.5) is 0 Å². The zero-order chi connectivity index (χ0) is 14.5. The Morgan fingerprint density at radius 3 is 1.45 bits per heavy atom. The van der Waals surface area contributed by atoms with Crippen molar-refractivity contribution in [3.8, 4) is 0 Å². The van der Waals surface area contributed by atoms with Crippen LogP contribution in [-0.4, -0.2) is 0 Å². The molecule has 104 valence electrons. The molecule has 20 heavy (non-hydrogen) atoms. The van der Waals surface area contributed by atoms with Crippen LogP contribution < -0.4 is 0 Å². The summed E-state index contributed by atoms with van der Waals surface area (Å²) in [6, 6.07) is 12.7. The second-order valence-corrected chi connectivity index (χ2v) is 5.51. The third kappa shape index (κ3) is 3.65. The summed E-state index contributed by atoms with van der Waals surface area (Å²) in [5.74, 6) is 1.13. The van der Waals surface area contributed by atoms with Crippen molar-refractivity contribution in [2.75, 3.05) is 0 Å².